The molecule has 0 spiro atoms. The minimum atomic E-state index is 0.385. The van der Waals surface area contributed by atoms with Crippen LogP contribution < -0.4 is 5.32 Å². The van der Waals surface area contributed by atoms with Crippen molar-refractivity contribution >= 4 is 0 Å². The van der Waals surface area contributed by atoms with Crippen LogP contribution in [0.2, 0.25) is 0 Å². The SMILES string of the molecule is c1ccc(Cc2noc(C3CCCNC3)n2)cc1. The van der Waals surface area contributed by atoms with Crippen LogP contribution >= 0.6 is 0 Å². The Kier molecular flexibility index (Phi) is 3.37. The summed E-state index contributed by atoms with van der Waals surface area (Å²) in [7, 11) is 0. The molecule has 3 rings (SSSR count). The Hall–Kier alpha value is -1.68. The van der Waals surface area contributed by atoms with Gasteiger partial charge in [-0.1, -0.05) is 35.5 Å². The molecule has 0 aliphatic carbocycles. The largest absolute Gasteiger partial charge is 0.339 e. The normalized spacial score (nSPS) is 19.9. The van der Waals surface area contributed by atoms with Crippen molar-refractivity contribution in [2.75, 3.05) is 13.1 Å². The Bertz CT molecular complexity index is 489. The highest BCUT2D eigenvalue weighted by Crippen LogP contribution is 2.21. The summed E-state index contributed by atoms with van der Waals surface area (Å²) in [6, 6.07) is 10.2. The lowest BCUT2D eigenvalue weighted by molar-refractivity contribution is 0.320. The van der Waals surface area contributed by atoms with E-state index >= 15 is 0 Å². The Morgan fingerprint density at radius 3 is 2.94 bits per heavy atom. The van der Waals surface area contributed by atoms with E-state index in [-0.39, 0.29) is 0 Å². The van der Waals surface area contributed by atoms with Crippen LogP contribution in [-0.4, -0.2) is 23.2 Å². The number of rotatable bonds is 3. The van der Waals surface area contributed by atoms with Gasteiger partial charge < -0.3 is 9.84 Å². The first-order valence-corrected chi connectivity index (χ1v) is 6.49. The molecule has 2 heterocycles. The number of hydrogen-bond donors (Lipinski definition) is 1. The summed E-state index contributed by atoms with van der Waals surface area (Å²) in [6.45, 7) is 2.05. The van der Waals surface area contributed by atoms with Gasteiger partial charge in [0.15, 0.2) is 5.82 Å². The van der Waals surface area contributed by atoms with Crippen molar-refractivity contribution in [3.05, 3.63) is 47.6 Å². The van der Waals surface area contributed by atoms with Crippen LogP contribution in [0.4, 0.5) is 0 Å². The average molecular weight is 243 g/mol. The lowest BCUT2D eigenvalue weighted by atomic mass is 10.00. The highest BCUT2D eigenvalue weighted by Gasteiger charge is 2.21. The summed E-state index contributed by atoms with van der Waals surface area (Å²) in [5.41, 5.74) is 1.21. The summed E-state index contributed by atoms with van der Waals surface area (Å²) >= 11 is 0. The third kappa shape index (κ3) is 2.59. The first kappa shape index (κ1) is 11.4. The number of benzene rings is 1. The number of aromatic nitrogens is 2. The van der Waals surface area contributed by atoms with Crippen LogP contribution in [0, 0.1) is 0 Å². The van der Waals surface area contributed by atoms with Crippen molar-refractivity contribution in [2.45, 2.75) is 25.2 Å². The van der Waals surface area contributed by atoms with E-state index in [2.05, 4.69) is 27.6 Å². The van der Waals surface area contributed by atoms with Crippen molar-refractivity contribution in [1.82, 2.24) is 15.5 Å². The maximum Gasteiger partial charge on any atom is 0.231 e. The number of hydrogen-bond acceptors (Lipinski definition) is 4. The predicted molar refractivity (Wildman–Crippen MR) is 68.4 cm³/mol. The van der Waals surface area contributed by atoms with E-state index in [1.54, 1.807) is 0 Å². The molecule has 0 amide bonds. The van der Waals surface area contributed by atoms with E-state index < -0.39 is 0 Å². The van der Waals surface area contributed by atoms with Gasteiger partial charge in [-0.3, -0.25) is 0 Å². The maximum atomic E-state index is 5.38. The molecule has 0 radical (unpaired) electrons. The molecule has 1 aromatic heterocycles. The van der Waals surface area contributed by atoms with Crippen LogP contribution in [0.1, 0.15) is 36.0 Å². The fraction of sp³-hybridized carbons (Fsp3) is 0.429. The molecule has 2 aromatic rings. The third-order valence-corrected chi connectivity index (χ3v) is 3.33. The summed E-state index contributed by atoms with van der Waals surface area (Å²) in [5, 5.41) is 7.44. The predicted octanol–water partition coefficient (Wildman–Crippen LogP) is 2.13. The molecule has 1 aliphatic heterocycles. The molecule has 1 fully saturated rings. The van der Waals surface area contributed by atoms with E-state index in [4.69, 9.17) is 4.52 Å². The summed E-state index contributed by atoms with van der Waals surface area (Å²) in [5.74, 6) is 1.95. The van der Waals surface area contributed by atoms with Gasteiger partial charge in [-0.25, -0.2) is 0 Å². The van der Waals surface area contributed by atoms with Gasteiger partial charge in [0.2, 0.25) is 5.89 Å². The van der Waals surface area contributed by atoms with Gasteiger partial charge in [0.05, 0.1) is 5.92 Å². The van der Waals surface area contributed by atoms with Gasteiger partial charge >= 0.3 is 0 Å². The lowest BCUT2D eigenvalue weighted by Gasteiger charge is -2.18. The van der Waals surface area contributed by atoms with Crippen molar-refractivity contribution in [1.29, 1.82) is 0 Å². The molecule has 94 valence electrons. The van der Waals surface area contributed by atoms with Gasteiger partial charge in [0.1, 0.15) is 0 Å². The highest BCUT2D eigenvalue weighted by atomic mass is 16.5. The molecule has 18 heavy (non-hydrogen) atoms. The Labute approximate surface area is 106 Å². The fourth-order valence-corrected chi connectivity index (χ4v) is 2.35. The van der Waals surface area contributed by atoms with Gasteiger partial charge in [0, 0.05) is 13.0 Å². The molecule has 1 saturated heterocycles. The van der Waals surface area contributed by atoms with E-state index in [0.29, 0.717) is 5.92 Å². The molecule has 0 bridgehead atoms. The van der Waals surface area contributed by atoms with Gasteiger partial charge in [0.25, 0.3) is 0 Å². The lowest BCUT2D eigenvalue weighted by Crippen LogP contribution is -2.28. The second-order valence-corrected chi connectivity index (χ2v) is 4.75. The topological polar surface area (TPSA) is 51.0 Å². The van der Waals surface area contributed by atoms with Gasteiger partial charge in [-0.15, -0.1) is 0 Å². The molecule has 1 aliphatic rings. The molecule has 0 saturated carbocycles. The minimum Gasteiger partial charge on any atom is -0.339 e. The molecule has 4 nitrogen and oxygen atoms in total. The van der Waals surface area contributed by atoms with Crippen LogP contribution in [-0.2, 0) is 6.42 Å². The standard InChI is InChI=1S/C14H17N3O/c1-2-5-11(6-3-1)9-13-16-14(18-17-13)12-7-4-8-15-10-12/h1-3,5-6,12,15H,4,7-10H2. The minimum absolute atomic E-state index is 0.385. The first-order valence-electron chi connectivity index (χ1n) is 6.49. The van der Waals surface area contributed by atoms with Crippen molar-refractivity contribution < 1.29 is 4.52 Å². The number of piperidine rings is 1. The fourth-order valence-electron chi connectivity index (χ4n) is 2.35. The maximum absolute atomic E-state index is 5.38. The Morgan fingerprint density at radius 1 is 1.28 bits per heavy atom. The summed E-state index contributed by atoms with van der Waals surface area (Å²) < 4.78 is 5.38. The monoisotopic (exact) mass is 243 g/mol. The molecular formula is C14H17N3O. The van der Waals surface area contributed by atoms with Crippen LogP contribution in [0.5, 0.6) is 0 Å². The first-order chi connectivity index (χ1) is 8.92. The quantitative estimate of drug-likeness (QED) is 0.897. The van der Waals surface area contributed by atoms with Gasteiger partial charge in [-0.05, 0) is 24.9 Å². The number of nitrogens with one attached hydrogen (secondary N) is 1. The molecule has 1 unspecified atom stereocenters. The van der Waals surface area contributed by atoms with E-state index in [9.17, 15) is 0 Å². The average Bonchev–Trinajstić information content (AvgIpc) is 2.89. The van der Waals surface area contributed by atoms with Crippen LogP contribution in [0.3, 0.4) is 0 Å². The molecular weight excluding hydrogens is 226 g/mol. The van der Waals surface area contributed by atoms with Crippen molar-refractivity contribution in [2.24, 2.45) is 0 Å². The smallest absolute Gasteiger partial charge is 0.231 e. The van der Waals surface area contributed by atoms with E-state index in [1.807, 2.05) is 18.2 Å². The summed E-state index contributed by atoms with van der Waals surface area (Å²) in [4.78, 5) is 4.51. The van der Waals surface area contributed by atoms with E-state index in [0.717, 1.165) is 37.6 Å². The Balaban J connectivity index is 1.69. The zero-order valence-corrected chi connectivity index (χ0v) is 10.3. The second kappa shape index (κ2) is 5.31. The molecule has 4 heteroatoms. The summed E-state index contributed by atoms with van der Waals surface area (Å²) in [6.07, 6.45) is 3.06. The zero-order valence-electron chi connectivity index (χ0n) is 10.3. The molecule has 1 atom stereocenters. The molecule has 1 aromatic carbocycles. The van der Waals surface area contributed by atoms with Gasteiger partial charge in [-0.2, -0.15) is 4.98 Å². The Morgan fingerprint density at radius 2 is 2.17 bits per heavy atom. The van der Waals surface area contributed by atoms with Crippen molar-refractivity contribution in [3.63, 3.8) is 0 Å². The second-order valence-electron chi connectivity index (χ2n) is 4.75. The van der Waals surface area contributed by atoms with Crippen molar-refractivity contribution in [3.8, 4) is 0 Å². The zero-order chi connectivity index (χ0) is 12.2. The van der Waals surface area contributed by atoms with Crippen LogP contribution in [0.25, 0.3) is 0 Å². The highest BCUT2D eigenvalue weighted by molar-refractivity contribution is 5.18. The van der Waals surface area contributed by atoms with Crippen LogP contribution in [0.15, 0.2) is 34.9 Å². The van der Waals surface area contributed by atoms with E-state index in [1.165, 1.54) is 12.0 Å². The molecule has 1 N–H and O–H groups in total. The third-order valence-electron chi connectivity index (χ3n) is 3.33. The number of nitrogens with zero attached hydrogens (tertiary/aromatic N) is 2.